The van der Waals surface area contributed by atoms with Gasteiger partial charge >= 0.3 is 0 Å². The molecule has 0 radical (unpaired) electrons. The second-order valence-corrected chi connectivity index (χ2v) is 5.68. The fourth-order valence-corrected chi connectivity index (χ4v) is 2.87. The molecule has 0 aliphatic heterocycles. The van der Waals surface area contributed by atoms with Crippen LogP contribution in [-0.4, -0.2) is 31.4 Å². The first kappa shape index (κ1) is 17.6. The van der Waals surface area contributed by atoms with Crippen molar-refractivity contribution in [2.24, 2.45) is 0 Å². The average Bonchev–Trinajstić information content (AvgIpc) is 2.60. The second-order valence-electron chi connectivity index (χ2n) is 4.72. The third-order valence-corrected chi connectivity index (χ3v) is 4.14. The van der Waals surface area contributed by atoms with Gasteiger partial charge < -0.3 is 14.2 Å². The average molecular weight is 344 g/mol. The number of ether oxygens (including phenoxy) is 3. The van der Waals surface area contributed by atoms with Crippen LogP contribution < -0.4 is 14.2 Å². The monoisotopic (exact) mass is 344 g/mol. The van der Waals surface area contributed by atoms with Gasteiger partial charge in [-0.05, 0) is 43.0 Å². The molecular weight excluding hydrogens is 328 g/mol. The number of aryl methyl sites for hydroxylation is 1. The minimum Gasteiger partial charge on any atom is -0.493 e. The van der Waals surface area contributed by atoms with Gasteiger partial charge in [0.05, 0.1) is 26.9 Å². The van der Waals surface area contributed by atoms with Crippen molar-refractivity contribution < 1.29 is 19.0 Å². The Morgan fingerprint density at radius 3 is 2.25 bits per heavy atom. The van der Waals surface area contributed by atoms with Crippen LogP contribution in [0.2, 0.25) is 0 Å². The van der Waals surface area contributed by atoms with Crippen molar-refractivity contribution in [1.29, 1.82) is 5.26 Å². The minimum atomic E-state index is -0.274. The summed E-state index contributed by atoms with van der Waals surface area (Å²) in [4.78, 5) is 16.9. The third kappa shape index (κ3) is 3.60. The standard InChI is InChI=1S/C17H16N2O4S/c1-10-5-6-11(9-18)16(19-10)24-17(20)12-7-13(21-2)15(23-4)14(8-12)22-3/h5-8H,1-4H3. The first-order chi connectivity index (χ1) is 11.5. The van der Waals surface area contributed by atoms with E-state index in [1.807, 2.05) is 6.07 Å². The quantitative estimate of drug-likeness (QED) is 0.770. The lowest BCUT2D eigenvalue weighted by molar-refractivity contribution is 0.108. The molecule has 1 heterocycles. The molecule has 0 saturated heterocycles. The molecule has 0 fully saturated rings. The van der Waals surface area contributed by atoms with Crippen molar-refractivity contribution >= 4 is 16.9 Å². The number of carbonyl (C=O) groups is 1. The van der Waals surface area contributed by atoms with Crippen molar-refractivity contribution in [3.63, 3.8) is 0 Å². The number of thioether (sulfide) groups is 1. The van der Waals surface area contributed by atoms with E-state index < -0.39 is 0 Å². The number of nitrogens with zero attached hydrogens (tertiary/aromatic N) is 2. The number of benzene rings is 1. The van der Waals surface area contributed by atoms with Gasteiger partial charge in [-0.3, -0.25) is 4.79 Å². The molecule has 0 atom stereocenters. The summed E-state index contributed by atoms with van der Waals surface area (Å²) in [6, 6.07) is 8.55. The molecule has 0 bridgehead atoms. The summed E-state index contributed by atoms with van der Waals surface area (Å²) in [5.41, 5.74) is 1.45. The van der Waals surface area contributed by atoms with E-state index in [1.165, 1.54) is 21.3 Å². The van der Waals surface area contributed by atoms with E-state index in [-0.39, 0.29) is 5.12 Å². The Balaban J connectivity index is 2.41. The molecule has 0 spiro atoms. The second kappa shape index (κ2) is 7.70. The summed E-state index contributed by atoms with van der Waals surface area (Å²) in [5, 5.41) is 9.25. The molecule has 0 N–H and O–H groups in total. The van der Waals surface area contributed by atoms with Gasteiger partial charge in [0.2, 0.25) is 10.9 Å². The number of nitriles is 1. The highest BCUT2D eigenvalue weighted by atomic mass is 32.2. The van der Waals surface area contributed by atoms with Crippen LogP contribution in [0.15, 0.2) is 29.3 Å². The number of rotatable bonds is 5. The number of pyridine rings is 1. The maximum atomic E-state index is 12.6. The molecule has 24 heavy (non-hydrogen) atoms. The van der Waals surface area contributed by atoms with Crippen molar-refractivity contribution in [2.75, 3.05) is 21.3 Å². The fraction of sp³-hybridized carbons (Fsp3) is 0.235. The Kier molecular flexibility index (Phi) is 5.66. The van der Waals surface area contributed by atoms with Crippen molar-refractivity contribution in [1.82, 2.24) is 4.98 Å². The van der Waals surface area contributed by atoms with Crippen LogP contribution in [0.25, 0.3) is 0 Å². The van der Waals surface area contributed by atoms with Crippen LogP contribution in [0, 0.1) is 18.3 Å². The summed E-state index contributed by atoms with van der Waals surface area (Å²) in [5.74, 6) is 1.19. The van der Waals surface area contributed by atoms with Crippen molar-refractivity contribution in [2.45, 2.75) is 11.9 Å². The van der Waals surface area contributed by atoms with Gasteiger partial charge in [-0.25, -0.2) is 4.98 Å². The Hall–Kier alpha value is -2.72. The molecule has 2 aromatic rings. The van der Waals surface area contributed by atoms with E-state index in [9.17, 15) is 4.79 Å². The van der Waals surface area contributed by atoms with Gasteiger partial charge in [0.25, 0.3) is 0 Å². The molecular formula is C17H16N2O4S. The highest BCUT2D eigenvalue weighted by molar-refractivity contribution is 8.14. The summed E-state index contributed by atoms with van der Waals surface area (Å²) in [7, 11) is 4.45. The Morgan fingerprint density at radius 2 is 1.75 bits per heavy atom. The topological polar surface area (TPSA) is 81.4 Å². The highest BCUT2D eigenvalue weighted by Gasteiger charge is 2.19. The van der Waals surface area contributed by atoms with Crippen LogP contribution in [0.3, 0.4) is 0 Å². The van der Waals surface area contributed by atoms with Crippen LogP contribution >= 0.6 is 11.8 Å². The van der Waals surface area contributed by atoms with Gasteiger partial charge in [0.1, 0.15) is 11.1 Å². The van der Waals surface area contributed by atoms with Crippen LogP contribution in [0.4, 0.5) is 0 Å². The summed E-state index contributed by atoms with van der Waals surface area (Å²) in [6.07, 6.45) is 0. The van der Waals surface area contributed by atoms with Crippen molar-refractivity contribution in [3.05, 3.63) is 41.1 Å². The highest BCUT2D eigenvalue weighted by Crippen LogP contribution is 2.39. The number of methoxy groups -OCH3 is 3. The van der Waals surface area contributed by atoms with Crippen LogP contribution in [-0.2, 0) is 0 Å². The molecule has 0 saturated carbocycles. The lowest BCUT2D eigenvalue weighted by Crippen LogP contribution is -2.01. The molecule has 7 heteroatoms. The zero-order valence-corrected chi connectivity index (χ0v) is 14.6. The maximum Gasteiger partial charge on any atom is 0.225 e. The fourth-order valence-electron chi connectivity index (χ4n) is 2.04. The van der Waals surface area contributed by atoms with Gasteiger partial charge in [0.15, 0.2) is 11.5 Å². The van der Waals surface area contributed by atoms with Crippen molar-refractivity contribution in [3.8, 4) is 23.3 Å². The zero-order valence-electron chi connectivity index (χ0n) is 13.7. The van der Waals surface area contributed by atoms with E-state index in [0.29, 0.717) is 33.4 Å². The van der Waals surface area contributed by atoms with Gasteiger partial charge in [-0.1, -0.05) is 0 Å². The summed E-state index contributed by atoms with van der Waals surface area (Å²) in [6.45, 7) is 1.80. The Bertz CT molecular complexity index is 790. The molecule has 2 rings (SSSR count). The minimum absolute atomic E-state index is 0.274. The summed E-state index contributed by atoms with van der Waals surface area (Å²) < 4.78 is 15.7. The molecule has 1 aromatic carbocycles. The number of hydrogen-bond acceptors (Lipinski definition) is 7. The summed E-state index contributed by atoms with van der Waals surface area (Å²) >= 11 is 0.889. The predicted molar refractivity (Wildman–Crippen MR) is 90.0 cm³/mol. The molecule has 124 valence electrons. The maximum absolute atomic E-state index is 12.6. The zero-order chi connectivity index (χ0) is 17.7. The van der Waals surface area contributed by atoms with E-state index in [1.54, 1.807) is 31.2 Å². The first-order valence-electron chi connectivity index (χ1n) is 6.94. The molecule has 0 amide bonds. The molecule has 0 aliphatic rings. The van der Waals surface area contributed by atoms with Gasteiger partial charge in [-0.15, -0.1) is 0 Å². The van der Waals surface area contributed by atoms with E-state index in [2.05, 4.69) is 4.98 Å². The lowest BCUT2D eigenvalue weighted by Gasteiger charge is -2.13. The van der Waals surface area contributed by atoms with E-state index in [0.717, 1.165) is 17.5 Å². The molecule has 0 unspecified atom stereocenters. The number of hydrogen-bond donors (Lipinski definition) is 0. The normalized spacial score (nSPS) is 9.96. The predicted octanol–water partition coefficient (Wildman–Crippen LogP) is 3.22. The van der Waals surface area contributed by atoms with E-state index >= 15 is 0 Å². The van der Waals surface area contributed by atoms with E-state index in [4.69, 9.17) is 19.5 Å². The molecule has 0 aliphatic carbocycles. The number of aromatic nitrogens is 1. The lowest BCUT2D eigenvalue weighted by atomic mass is 10.2. The molecule has 6 nitrogen and oxygen atoms in total. The van der Waals surface area contributed by atoms with Crippen LogP contribution in [0.1, 0.15) is 21.6 Å². The molecule has 1 aromatic heterocycles. The largest absolute Gasteiger partial charge is 0.493 e. The SMILES string of the molecule is COc1cc(C(=O)Sc2nc(C)ccc2C#N)cc(OC)c1OC. The first-order valence-corrected chi connectivity index (χ1v) is 7.75. The number of carbonyl (C=O) groups excluding carboxylic acids is 1. The van der Waals surface area contributed by atoms with Crippen LogP contribution in [0.5, 0.6) is 17.2 Å². The smallest absolute Gasteiger partial charge is 0.225 e. The van der Waals surface area contributed by atoms with Gasteiger partial charge in [-0.2, -0.15) is 5.26 Å². The van der Waals surface area contributed by atoms with Gasteiger partial charge in [0, 0.05) is 11.3 Å². The third-order valence-electron chi connectivity index (χ3n) is 3.21. The Morgan fingerprint density at radius 1 is 1.12 bits per heavy atom. The Labute approximate surface area is 144 Å².